The van der Waals surface area contributed by atoms with Crippen molar-refractivity contribution in [3.63, 3.8) is 0 Å². The number of alkyl halides is 3. The van der Waals surface area contributed by atoms with Gasteiger partial charge in [0.15, 0.2) is 5.78 Å². The standard InChI is InChI=1S/C30H31N2Si.C13H21F3O2.Ir/c1-18-12-23-22-9-8-19(17-30(2,3)4)14-25(22)32-26-16-21(33(5,6)7)15-20-10-11-31-28(27(20)26)24(13-18)29(23)32;1-4-9(5-2)11(17)7-12(18)10(6-3)8-13(14,15)16;/h8-12,14-16H,17H2,1-7H3;7,9-10,17H,4-6,8H2,1-3H3;/q-1;;/b;11-7-;/i10D,11D;;. The normalized spacial score (nSPS) is 14.2. The molecule has 3 heterocycles. The number of carbonyl (C=O) groups excluding carboxylic acids is 1. The van der Waals surface area contributed by atoms with Crippen molar-refractivity contribution >= 4 is 68.0 Å². The third-order valence-corrected chi connectivity index (χ3v) is 11.9. The number of aromatic nitrogens is 2. The van der Waals surface area contributed by atoms with Gasteiger partial charge in [-0.3, -0.25) is 4.79 Å². The molecule has 0 spiro atoms. The van der Waals surface area contributed by atoms with Gasteiger partial charge in [-0.2, -0.15) is 13.2 Å². The van der Waals surface area contributed by atoms with Crippen LogP contribution in [0.1, 0.15) is 81.1 Å². The molecule has 0 amide bonds. The van der Waals surface area contributed by atoms with Crippen LogP contribution in [0.15, 0.2) is 60.4 Å². The Balaban J connectivity index is 0.000000294. The molecule has 9 heteroatoms. The average Bonchev–Trinajstić information content (AvgIpc) is 3.36. The number of aliphatic hydroxyl groups excluding tert-OH is 1. The Labute approximate surface area is 323 Å². The molecule has 0 saturated heterocycles. The predicted molar refractivity (Wildman–Crippen MR) is 210 cm³/mol. The molecule has 3 aromatic carbocycles. The van der Waals surface area contributed by atoms with E-state index in [0.29, 0.717) is 12.8 Å². The van der Waals surface area contributed by atoms with Crippen LogP contribution in [0.3, 0.4) is 0 Å². The number of benzene rings is 3. The number of ketones is 1. The third-order valence-electron chi connectivity index (χ3n) is 9.85. The van der Waals surface area contributed by atoms with Gasteiger partial charge in [-0.25, -0.2) is 0 Å². The summed E-state index contributed by atoms with van der Waals surface area (Å²) in [5, 5.41) is 16.2. The summed E-state index contributed by atoms with van der Waals surface area (Å²) in [5.41, 5.74) is 6.78. The fourth-order valence-corrected chi connectivity index (χ4v) is 8.33. The number of carbonyl (C=O) groups is 1. The van der Waals surface area contributed by atoms with Crippen LogP contribution in [-0.4, -0.2) is 34.5 Å². The maximum atomic E-state index is 12.2. The first-order valence-corrected chi connectivity index (χ1v) is 21.6. The van der Waals surface area contributed by atoms with E-state index >= 15 is 0 Å². The number of fused-ring (bicyclic) bond motifs is 5. The molecule has 6 rings (SSSR count). The number of halogens is 3. The van der Waals surface area contributed by atoms with Crippen LogP contribution in [0.25, 0.3) is 49.0 Å². The number of hydrogen-bond acceptors (Lipinski definition) is 3. The molecule has 52 heavy (non-hydrogen) atoms. The molecule has 0 aliphatic carbocycles. The van der Waals surface area contributed by atoms with Crippen molar-refractivity contribution in [2.75, 3.05) is 0 Å². The molecule has 281 valence electrons. The van der Waals surface area contributed by atoms with E-state index in [-0.39, 0.29) is 55.8 Å². The number of allylic oxidation sites excluding steroid dienone is 2. The summed E-state index contributed by atoms with van der Waals surface area (Å²) in [7, 11) is -1.69. The molecule has 0 aliphatic heterocycles. The molecular weight excluding hydrogens is 854 g/mol. The van der Waals surface area contributed by atoms with Gasteiger partial charge in [0.25, 0.3) is 0 Å². The molecule has 4 nitrogen and oxygen atoms in total. The Kier molecular flexibility index (Phi) is 11.5. The number of aryl methyl sites for hydroxylation is 1. The molecular formula is C43H52F3IrN2O2Si-. The zero-order valence-electron chi connectivity index (χ0n) is 33.9. The molecule has 3 aromatic heterocycles. The van der Waals surface area contributed by atoms with E-state index in [1.807, 2.05) is 13.8 Å². The summed E-state index contributed by atoms with van der Waals surface area (Å²) in [6, 6.07) is 17.4. The number of hydrogen-bond donors (Lipinski definition) is 1. The monoisotopic (exact) mass is 908 g/mol. The molecule has 0 saturated carbocycles. The first-order valence-electron chi connectivity index (χ1n) is 19.1. The fourth-order valence-electron chi connectivity index (χ4n) is 7.18. The van der Waals surface area contributed by atoms with Crippen molar-refractivity contribution in [1.29, 1.82) is 0 Å². The molecule has 0 aliphatic rings. The molecule has 6 aromatic rings. The Hall–Kier alpha value is -3.26. The van der Waals surface area contributed by atoms with Gasteiger partial charge in [-0.1, -0.05) is 102 Å². The largest absolute Gasteiger partial charge is 0.512 e. The molecule has 1 atom stereocenters. The third kappa shape index (κ3) is 8.74. The van der Waals surface area contributed by atoms with Crippen molar-refractivity contribution < 1.29 is 45.9 Å². The van der Waals surface area contributed by atoms with Gasteiger partial charge in [0.1, 0.15) is 0 Å². The van der Waals surface area contributed by atoms with E-state index in [0.717, 1.165) is 50.8 Å². The predicted octanol–water partition coefficient (Wildman–Crippen LogP) is 12.0. The van der Waals surface area contributed by atoms with Crippen LogP contribution in [0.2, 0.25) is 19.6 Å². The zero-order valence-corrected chi connectivity index (χ0v) is 35.3. The summed E-state index contributed by atoms with van der Waals surface area (Å²) >= 11 is 0. The SMILES string of the molecule is CCC(CC(F)(F)F)C(=O)/C=C(\O)C(CC)CC.[2H]c1nc2c3[c-]c(C)cc4c5ccc(CC(C)(C)C)cc5n(c5cc([Si](C)(C)C)cc(c1[2H])c25)c34.[Ir]. The maximum Gasteiger partial charge on any atom is 0.389 e. The minimum Gasteiger partial charge on any atom is -0.512 e. The minimum atomic E-state index is -4.35. The van der Waals surface area contributed by atoms with Crippen LogP contribution < -0.4 is 5.19 Å². The Morgan fingerprint density at radius 3 is 2.23 bits per heavy atom. The van der Waals surface area contributed by atoms with Crippen molar-refractivity contribution in [3.8, 4) is 0 Å². The Morgan fingerprint density at radius 2 is 1.65 bits per heavy atom. The van der Waals surface area contributed by atoms with E-state index in [1.165, 1.54) is 34.0 Å². The van der Waals surface area contributed by atoms with Crippen molar-refractivity contribution in [1.82, 2.24) is 9.38 Å². The molecule has 0 bridgehead atoms. The van der Waals surface area contributed by atoms with Gasteiger partial charge in [0.2, 0.25) is 0 Å². The summed E-state index contributed by atoms with van der Waals surface area (Å²) in [4.78, 5) is 16.3. The second kappa shape index (κ2) is 15.6. The first-order chi connectivity index (χ1) is 24.6. The van der Waals surface area contributed by atoms with E-state index in [9.17, 15) is 23.1 Å². The molecule has 0 fully saturated rings. The van der Waals surface area contributed by atoms with Crippen LogP contribution in [0.5, 0.6) is 0 Å². The summed E-state index contributed by atoms with van der Waals surface area (Å²) in [6.07, 6.45) is -2.05. The number of pyridine rings is 2. The zero-order chi connectivity index (χ0) is 39.4. The van der Waals surface area contributed by atoms with Gasteiger partial charge >= 0.3 is 6.18 Å². The topological polar surface area (TPSA) is 54.6 Å². The number of nitrogens with zero attached hydrogens (tertiary/aromatic N) is 2. The van der Waals surface area contributed by atoms with E-state index in [4.69, 9.17) is 2.74 Å². The minimum absolute atomic E-state index is 0. The van der Waals surface area contributed by atoms with Crippen molar-refractivity contribution in [2.24, 2.45) is 17.3 Å². The number of aliphatic hydroxyl groups is 1. The van der Waals surface area contributed by atoms with Gasteiger partial charge in [-0.15, -0.1) is 17.7 Å². The van der Waals surface area contributed by atoms with E-state index in [1.54, 1.807) is 0 Å². The fraction of sp³-hybridized carbons (Fsp3) is 0.442. The average molecular weight is 908 g/mol. The van der Waals surface area contributed by atoms with Gasteiger partial charge < -0.3 is 14.5 Å². The van der Waals surface area contributed by atoms with Gasteiger partial charge in [0, 0.05) is 55.2 Å². The summed E-state index contributed by atoms with van der Waals surface area (Å²) < 4.78 is 56.4. The summed E-state index contributed by atoms with van der Waals surface area (Å²) in [6.45, 7) is 21.2. The molecule has 1 radical (unpaired) electrons. The van der Waals surface area contributed by atoms with E-state index < -0.39 is 32.4 Å². The van der Waals surface area contributed by atoms with E-state index in [2.05, 4.69) is 99.2 Å². The maximum absolute atomic E-state index is 12.2. The van der Waals surface area contributed by atoms with Crippen LogP contribution in [0, 0.1) is 30.2 Å². The van der Waals surface area contributed by atoms with Crippen molar-refractivity contribution in [3.05, 3.63) is 77.6 Å². The van der Waals surface area contributed by atoms with Gasteiger partial charge in [-0.05, 0) is 82.0 Å². The Morgan fingerprint density at radius 1 is 1.00 bits per heavy atom. The van der Waals surface area contributed by atoms with Gasteiger partial charge in [0.05, 0.1) is 23.0 Å². The quantitative estimate of drug-likeness (QED) is 0.0393. The summed E-state index contributed by atoms with van der Waals surface area (Å²) in [5.74, 6) is -2.00. The van der Waals surface area contributed by atoms with Crippen LogP contribution in [0.4, 0.5) is 13.2 Å². The first kappa shape index (κ1) is 38.5. The second-order valence-electron chi connectivity index (χ2n) is 16.3. The number of rotatable bonds is 9. The van der Waals surface area contributed by atoms with Crippen molar-refractivity contribution in [2.45, 2.75) is 106 Å². The second-order valence-corrected chi connectivity index (χ2v) is 21.4. The van der Waals surface area contributed by atoms with Crippen LogP contribution in [-0.2, 0) is 31.3 Å². The molecule has 1 N–H and O–H groups in total. The van der Waals surface area contributed by atoms with Crippen LogP contribution >= 0.6 is 0 Å². The Bertz CT molecular complexity index is 2350. The molecule has 1 unspecified atom stereocenters. The smallest absolute Gasteiger partial charge is 0.389 e.